The summed E-state index contributed by atoms with van der Waals surface area (Å²) in [5.41, 5.74) is 0.550. The molecule has 2 N–H and O–H groups in total. The van der Waals surface area contributed by atoms with E-state index in [1.54, 1.807) is 23.1 Å². The predicted molar refractivity (Wildman–Crippen MR) is 78.8 cm³/mol. The molecule has 18 heavy (non-hydrogen) atoms. The van der Waals surface area contributed by atoms with E-state index in [1.807, 2.05) is 29.6 Å². The summed E-state index contributed by atoms with van der Waals surface area (Å²) in [6.07, 6.45) is 1.97. The van der Waals surface area contributed by atoms with Crippen LogP contribution in [0.1, 0.15) is 23.2 Å². The number of benzene rings is 1. The number of nitrogens with zero attached hydrogens (tertiary/aromatic N) is 1. The summed E-state index contributed by atoms with van der Waals surface area (Å²) in [6.45, 7) is 1.92. The maximum atomic E-state index is 12.3. The third kappa shape index (κ3) is 2.95. The van der Waals surface area contributed by atoms with Crippen molar-refractivity contribution in [3.8, 4) is 5.75 Å². The van der Waals surface area contributed by atoms with Crippen molar-refractivity contribution in [1.29, 1.82) is 0 Å². The number of phenolic OH excluding ortho intramolecular Hbond substituents is 1. The minimum absolute atomic E-state index is 0.0198. The first-order valence-electron chi connectivity index (χ1n) is 6.06. The molecule has 1 fully saturated rings. The van der Waals surface area contributed by atoms with Gasteiger partial charge in [0.2, 0.25) is 0 Å². The minimum atomic E-state index is -0.0198. The van der Waals surface area contributed by atoms with Crippen LogP contribution in [0.5, 0.6) is 5.75 Å². The van der Waals surface area contributed by atoms with E-state index in [0.717, 1.165) is 29.5 Å². The van der Waals surface area contributed by atoms with E-state index in [1.165, 1.54) is 0 Å². The van der Waals surface area contributed by atoms with Gasteiger partial charge in [-0.3, -0.25) is 4.79 Å². The van der Waals surface area contributed by atoms with Crippen molar-refractivity contribution in [2.75, 3.05) is 20.1 Å². The van der Waals surface area contributed by atoms with Gasteiger partial charge in [0.25, 0.3) is 5.91 Å². The molecule has 0 aromatic heterocycles. The first kappa shape index (κ1) is 13.6. The third-order valence-electron chi connectivity index (χ3n) is 3.37. The van der Waals surface area contributed by atoms with E-state index in [2.05, 4.69) is 5.32 Å². The Hall–Kier alpha value is -0.820. The molecule has 1 aromatic rings. The van der Waals surface area contributed by atoms with Crippen LogP contribution in [0.3, 0.4) is 0 Å². The molecule has 98 valence electrons. The van der Waals surface area contributed by atoms with Crippen molar-refractivity contribution in [2.24, 2.45) is 0 Å². The van der Waals surface area contributed by atoms with Crippen LogP contribution in [0.25, 0.3) is 0 Å². The van der Waals surface area contributed by atoms with Gasteiger partial charge in [-0.1, -0.05) is 0 Å². The predicted octanol–water partition coefficient (Wildman–Crippen LogP) is 1.82. The fraction of sp³-hybridized carbons (Fsp3) is 0.462. The van der Waals surface area contributed by atoms with Crippen molar-refractivity contribution in [2.45, 2.75) is 18.9 Å². The molecule has 0 saturated carbocycles. The molecule has 0 aliphatic carbocycles. The second kappa shape index (κ2) is 5.88. The second-order valence-corrected chi connectivity index (χ2v) is 5.73. The van der Waals surface area contributed by atoms with E-state index in [4.69, 9.17) is 0 Å². The van der Waals surface area contributed by atoms with Gasteiger partial charge >= 0.3 is 0 Å². The summed E-state index contributed by atoms with van der Waals surface area (Å²) in [6, 6.07) is 5.36. The Balaban J connectivity index is 2.11. The Bertz CT molecular complexity index is 445. The zero-order valence-electron chi connectivity index (χ0n) is 10.3. The topological polar surface area (TPSA) is 52.6 Å². The average Bonchev–Trinajstić information content (AvgIpc) is 2.41. The molecular formula is C13H17IN2O2. The number of rotatable bonds is 2. The Morgan fingerprint density at radius 1 is 1.44 bits per heavy atom. The Kier molecular flexibility index (Phi) is 4.45. The van der Waals surface area contributed by atoms with Crippen molar-refractivity contribution >= 4 is 28.5 Å². The van der Waals surface area contributed by atoms with Crippen LogP contribution in [0.15, 0.2) is 18.2 Å². The normalized spacial score (nSPS) is 16.6. The van der Waals surface area contributed by atoms with Crippen LogP contribution in [0.2, 0.25) is 0 Å². The van der Waals surface area contributed by atoms with Gasteiger partial charge in [-0.15, -0.1) is 0 Å². The average molecular weight is 360 g/mol. The number of aromatic hydroxyl groups is 1. The molecule has 1 heterocycles. The van der Waals surface area contributed by atoms with Crippen LogP contribution < -0.4 is 5.32 Å². The minimum Gasteiger partial charge on any atom is -0.507 e. The molecule has 0 atom stereocenters. The van der Waals surface area contributed by atoms with Crippen LogP contribution in [0, 0.1) is 3.57 Å². The molecule has 1 aliphatic rings. The molecule has 2 rings (SSSR count). The molecule has 0 unspecified atom stereocenters. The molecule has 4 nitrogen and oxygen atoms in total. The lowest BCUT2D eigenvalue weighted by molar-refractivity contribution is 0.0703. The third-order valence-corrected chi connectivity index (χ3v) is 4.28. The highest BCUT2D eigenvalue weighted by Crippen LogP contribution is 2.22. The number of phenols is 1. The lowest BCUT2D eigenvalue weighted by Crippen LogP contribution is -2.43. The van der Waals surface area contributed by atoms with Crippen molar-refractivity contribution in [1.82, 2.24) is 10.2 Å². The number of carbonyl (C=O) groups excluding carboxylic acids is 1. The van der Waals surface area contributed by atoms with Crippen LogP contribution in [-0.2, 0) is 0 Å². The Labute approximate surface area is 121 Å². The van der Waals surface area contributed by atoms with E-state index >= 15 is 0 Å². The Morgan fingerprint density at radius 2 is 2.11 bits per heavy atom. The molecule has 1 saturated heterocycles. The zero-order chi connectivity index (χ0) is 13.1. The van der Waals surface area contributed by atoms with Gasteiger partial charge in [0, 0.05) is 18.7 Å². The maximum absolute atomic E-state index is 12.3. The molecule has 0 spiro atoms. The molecule has 1 aliphatic heterocycles. The number of piperidine rings is 1. The summed E-state index contributed by atoms with van der Waals surface area (Å²) in [4.78, 5) is 14.1. The standard InChI is InChI=1S/C13H17IN2O2/c1-16(10-4-6-15-7-5-10)13(18)9-2-3-11(14)12(17)8-9/h2-3,8,10,15,17H,4-7H2,1H3. The molecule has 1 amide bonds. The highest BCUT2D eigenvalue weighted by atomic mass is 127. The van der Waals surface area contributed by atoms with E-state index in [-0.39, 0.29) is 11.7 Å². The number of halogens is 1. The van der Waals surface area contributed by atoms with E-state index in [9.17, 15) is 9.90 Å². The van der Waals surface area contributed by atoms with Gasteiger partial charge in [0.05, 0.1) is 3.57 Å². The van der Waals surface area contributed by atoms with Gasteiger partial charge < -0.3 is 15.3 Å². The highest BCUT2D eigenvalue weighted by Gasteiger charge is 2.23. The first-order valence-corrected chi connectivity index (χ1v) is 7.14. The van der Waals surface area contributed by atoms with Crippen molar-refractivity contribution < 1.29 is 9.90 Å². The highest BCUT2D eigenvalue weighted by molar-refractivity contribution is 14.1. The van der Waals surface area contributed by atoms with Crippen LogP contribution >= 0.6 is 22.6 Å². The maximum Gasteiger partial charge on any atom is 0.253 e. The lowest BCUT2D eigenvalue weighted by Gasteiger charge is -2.31. The number of nitrogens with one attached hydrogen (secondary N) is 1. The second-order valence-electron chi connectivity index (χ2n) is 4.56. The van der Waals surface area contributed by atoms with Gasteiger partial charge in [0.15, 0.2) is 0 Å². The summed E-state index contributed by atoms with van der Waals surface area (Å²) in [5, 5.41) is 12.9. The molecule has 0 bridgehead atoms. The summed E-state index contributed by atoms with van der Waals surface area (Å²) >= 11 is 2.04. The molecular weight excluding hydrogens is 343 g/mol. The lowest BCUT2D eigenvalue weighted by atomic mass is 10.0. The smallest absolute Gasteiger partial charge is 0.253 e. The van der Waals surface area contributed by atoms with Crippen molar-refractivity contribution in [3.63, 3.8) is 0 Å². The van der Waals surface area contributed by atoms with E-state index < -0.39 is 0 Å². The molecule has 1 aromatic carbocycles. The van der Waals surface area contributed by atoms with Gasteiger partial charge in [-0.2, -0.15) is 0 Å². The number of hydrogen-bond donors (Lipinski definition) is 2. The molecule has 0 radical (unpaired) electrons. The van der Waals surface area contributed by atoms with Gasteiger partial charge in [-0.25, -0.2) is 0 Å². The quantitative estimate of drug-likeness (QED) is 0.792. The van der Waals surface area contributed by atoms with Gasteiger partial charge in [0.1, 0.15) is 5.75 Å². The number of carbonyl (C=O) groups is 1. The monoisotopic (exact) mass is 360 g/mol. The fourth-order valence-electron chi connectivity index (χ4n) is 2.21. The van der Waals surface area contributed by atoms with Crippen LogP contribution in [0.4, 0.5) is 0 Å². The molecule has 5 heteroatoms. The van der Waals surface area contributed by atoms with Gasteiger partial charge in [-0.05, 0) is 66.7 Å². The number of hydrogen-bond acceptors (Lipinski definition) is 3. The first-order chi connectivity index (χ1) is 8.59. The summed E-state index contributed by atoms with van der Waals surface area (Å²) < 4.78 is 0.758. The fourth-order valence-corrected chi connectivity index (χ4v) is 2.54. The summed E-state index contributed by atoms with van der Waals surface area (Å²) in [7, 11) is 1.84. The summed E-state index contributed by atoms with van der Waals surface area (Å²) in [5.74, 6) is 0.147. The van der Waals surface area contributed by atoms with Crippen LogP contribution in [-0.4, -0.2) is 42.1 Å². The zero-order valence-corrected chi connectivity index (χ0v) is 12.5. The SMILES string of the molecule is CN(C(=O)c1ccc(I)c(O)c1)C1CCNCC1. The largest absolute Gasteiger partial charge is 0.507 e. The number of amides is 1. The van der Waals surface area contributed by atoms with E-state index in [0.29, 0.717) is 11.6 Å². The Morgan fingerprint density at radius 3 is 2.72 bits per heavy atom. The van der Waals surface area contributed by atoms with Crippen molar-refractivity contribution in [3.05, 3.63) is 27.3 Å².